The number of fused-ring (bicyclic) bond motifs is 1. The number of nitrogens with zero attached hydrogens (tertiary/aromatic N) is 2. The van der Waals surface area contributed by atoms with E-state index in [0.29, 0.717) is 28.4 Å². The maximum atomic E-state index is 11.5. The van der Waals surface area contributed by atoms with Crippen molar-refractivity contribution in [1.29, 1.82) is 0 Å². The molecule has 2 amide bonds. The normalized spacial score (nSPS) is 13.8. The van der Waals surface area contributed by atoms with Gasteiger partial charge in [0.1, 0.15) is 17.2 Å². The largest absolute Gasteiger partial charge is 0.457 e. The van der Waals surface area contributed by atoms with E-state index in [1.807, 2.05) is 32.0 Å². The lowest BCUT2D eigenvalue weighted by Crippen LogP contribution is -2.38. The zero-order valence-corrected chi connectivity index (χ0v) is 20.1. The Bertz CT molecular complexity index is 1090. The fraction of sp³-hybridized carbons (Fsp3) is 0.417. The van der Waals surface area contributed by atoms with Gasteiger partial charge in [-0.3, -0.25) is 14.6 Å². The topological polar surface area (TPSA) is 119 Å². The third-order valence-electron chi connectivity index (χ3n) is 5.28. The number of carbonyl (C=O) groups excluding carboxylic acids is 2. The molecule has 4 N–H and O–H groups in total. The van der Waals surface area contributed by atoms with E-state index < -0.39 is 0 Å². The number of aromatic nitrogens is 2. The SMILES string of the molecule is CC(C)C(=O)NC1CCCCC1.CNC(=O)c1cc(Oc2ccc3nc(N)sc3c2)ccn1. The summed E-state index contributed by atoms with van der Waals surface area (Å²) in [5.74, 6) is 1.28. The highest BCUT2D eigenvalue weighted by Crippen LogP contribution is 2.30. The van der Waals surface area contributed by atoms with E-state index in [2.05, 4.69) is 20.6 Å². The molecule has 1 fully saturated rings. The molecule has 0 unspecified atom stereocenters. The molecular weight excluding hydrogens is 438 g/mol. The van der Waals surface area contributed by atoms with E-state index in [1.54, 1.807) is 19.2 Å². The first-order valence-corrected chi connectivity index (χ1v) is 12.0. The highest BCUT2D eigenvalue weighted by atomic mass is 32.1. The van der Waals surface area contributed by atoms with Gasteiger partial charge in [-0.1, -0.05) is 44.4 Å². The molecule has 1 aliphatic carbocycles. The maximum absolute atomic E-state index is 11.5. The summed E-state index contributed by atoms with van der Waals surface area (Å²) in [4.78, 5) is 31.0. The number of nitrogens with one attached hydrogen (secondary N) is 2. The van der Waals surface area contributed by atoms with Gasteiger partial charge in [-0.15, -0.1) is 0 Å². The predicted octanol–water partition coefficient (Wildman–Crippen LogP) is 4.52. The molecule has 0 bridgehead atoms. The van der Waals surface area contributed by atoms with Crippen LogP contribution in [-0.4, -0.2) is 34.9 Å². The number of rotatable bonds is 5. The molecule has 0 radical (unpaired) electrons. The number of ether oxygens (including phenoxy) is 1. The molecule has 2 heterocycles. The Labute approximate surface area is 198 Å². The number of benzene rings is 1. The van der Waals surface area contributed by atoms with Crippen molar-refractivity contribution in [3.05, 3.63) is 42.2 Å². The van der Waals surface area contributed by atoms with Gasteiger partial charge in [0.2, 0.25) is 5.91 Å². The van der Waals surface area contributed by atoms with Gasteiger partial charge in [0.25, 0.3) is 5.91 Å². The molecule has 2 aromatic heterocycles. The molecule has 3 aromatic rings. The van der Waals surface area contributed by atoms with Crippen molar-refractivity contribution >= 4 is 38.5 Å². The van der Waals surface area contributed by atoms with E-state index in [9.17, 15) is 9.59 Å². The summed E-state index contributed by atoms with van der Waals surface area (Å²) in [6.07, 6.45) is 7.79. The van der Waals surface area contributed by atoms with Crippen LogP contribution in [-0.2, 0) is 4.79 Å². The third kappa shape index (κ3) is 7.15. The van der Waals surface area contributed by atoms with Crippen LogP contribution in [0.4, 0.5) is 5.13 Å². The van der Waals surface area contributed by atoms with Gasteiger partial charge in [0.15, 0.2) is 5.13 Å². The van der Waals surface area contributed by atoms with Gasteiger partial charge in [0.05, 0.1) is 10.2 Å². The minimum atomic E-state index is -0.258. The van der Waals surface area contributed by atoms with Crippen molar-refractivity contribution in [3.8, 4) is 11.5 Å². The van der Waals surface area contributed by atoms with Crippen LogP contribution in [0.2, 0.25) is 0 Å². The Balaban J connectivity index is 0.000000218. The highest BCUT2D eigenvalue weighted by Gasteiger charge is 2.16. The molecule has 33 heavy (non-hydrogen) atoms. The van der Waals surface area contributed by atoms with Crippen molar-refractivity contribution in [2.45, 2.75) is 52.0 Å². The fourth-order valence-electron chi connectivity index (χ4n) is 3.46. The van der Waals surface area contributed by atoms with Gasteiger partial charge in [-0.2, -0.15) is 0 Å². The summed E-state index contributed by atoms with van der Waals surface area (Å²) in [6, 6.07) is 9.26. The van der Waals surface area contributed by atoms with Crippen molar-refractivity contribution in [1.82, 2.24) is 20.6 Å². The molecule has 176 valence electrons. The quantitative estimate of drug-likeness (QED) is 0.506. The standard InChI is InChI=1S/C14H12N4O2S.C10H19NO/c1-16-13(19)11-6-9(4-5-17-11)20-8-2-3-10-12(7-8)21-14(15)18-10;1-8(2)10(12)11-9-6-4-3-5-7-9/h2-7H,1H3,(H2,15,18)(H,16,19);8-9H,3-7H2,1-2H3,(H,11,12). The Morgan fingerprint density at radius 1 is 1.12 bits per heavy atom. The Morgan fingerprint density at radius 2 is 1.85 bits per heavy atom. The zero-order chi connectivity index (χ0) is 23.8. The number of nitrogen functional groups attached to an aromatic ring is 1. The Kier molecular flexibility index (Phi) is 8.59. The molecule has 1 aliphatic rings. The second-order valence-corrected chi connectivity index (χ2v) is 9.30. The highest BCUT2D eigenvalue weighted by molar-refractivity contribution is 7.22. The Morgan fingerprint density at radius 3 is 2.55 bits per heavy atom. The van der Waals surface area contributed by atoms with Crippen LogP contribution in [0, 0.1) is 5.92 Å². The molecule has 0 saturated heterocycles. The van der Waals surface area contributed by atoms with Gasteiger partial charge < -0.3 is 21.1 Å². The predicted molar refractivity (Wildman–Crippen MR) is 132 cm³/mol. The van der Waals surface area contributed by atoms with Crippen LogP contribution >= 0.6 is 11.3 Å². The van der Waals surface area contributed by atoms with Gasteiger partial charge in [-0.25, -0.2) is 4.98 Å². The average molecular weight is 470 g/mol. The van der Waals surface area contributed by atoms with E-state index >= 15 is 0 Å². The molecule has 0 aliphatic heterocycles. The molecular formula is C24H31N5O3S. The maximum Gasteiger partial charge on any atom is 0.269 e. The first kappa shape index (κ1) is 24.4. The number of hydrogen-bond donors (Lipinski definition) is 3. The second kappa shape index (κ2) is 11.6. The lowest BCUT2D eigenvalue weighted by molar-refractivity contribution is -0.124. The van der Waals surface area contributed by atoms with E-state index in [1.165, 1.54) is 49.6 Å². The van der Waals surface area contributed by atoms with Crippen LogP contribution in [0.15, 0.2) is 36.5 Å². The zero-order valence-electron chi connectivity index (χ0n) is 19.3. The molecule has 9 heteroatoms. The molecule has 1 saturated carbocycles. The first-order valence-electron chi connectivity index (χ1n) is 11.2. The minimum Gasteiger partial charge on any atom is -0.457 e. The second-order valence-electron chi connectivity index (χ2n) is 8.24. The number of anilines is 1. The average Bonchev–Trinajstić information content (AvgIpc) is 3.19. The first-order chi connectivity index (χ1) is 15.9. The van der Waals surface area contributed by atoms with E-state index in [4.69, 9.17) is 10.5 Å². The summed E-state index contributed by atoms with van der Waals surface area (Å²) in [5.41, 5.74) is 6.82. The number of hydrogen-bond acceptors (Lipinski definition) is 7. The molecule has 1 aromatic carbocycles. The summed E-state index contributed by atoms with van der Waals surface area (Å²) in [7, 11) is 1.56. The summed E-state index contributed by atoms with van der Waals surface area (Å²) >= 11 is 1.40. The van der Waals surface area contributed by atoms with Gasteiger partial charge >= 0.3 is 0 Å². The number of nitrogens with two attached hydrogens (primary N) is 1. The molecule has 0 spiro atoms. The van der Waals surface area contributed by atoms with Crippen molar-refractivity contribution < 1.29 is 14.3 Å². The molecule has 4 rings (SSSR count). The van der Waals surface area contributed by atoms with Crippen LogP contribution in [0.5, 0.6) is 11.5 Å². The molecule has 0 atom stereocenters. The van der Waals surface area contributed by atoms with Gasteiger partial charge in [-0.05, 0) is 31.0 Å². The van der Waals surface area contributed by atoms with Crippen LogP contribution < -0.4 is 21.1 Å². The summed E-state index contributed by atoms with van der Waals surface area (Å²) in [5, 5.41) is 6.12. The lowest BCUT2D eigenvalue weighted by Gasteiger charge is -2.23. The van der Waals surface area contributed by atoms with Crippen molar-refractivity contribution in [2.75, 3.05) is 12.8 Å². The van der Waals surface area contributed by atoms with Crippen molar-refractivity contribution in [2.24, 2.45) is 5.92 Å². The smallest absolute Gasteiger partial charge is 0.269 e. The summed E-state index contributed by atoms with van der Waals surface area (Å²) < 4.78 is 6.70. The summed E-state index contributed by atoms with van der Waals surface area (Å²) in [6.45, 7) is 3.89. The van der Waals surface area contributed by atoms with E-state index in [-0.39, 0.29) is 17.7 Å². The monoisotopic (exact) mass is 469 g/mol. The van der Waals surface area contributed by atoms with Gasteiger partial charge in [0, 0.05) is 37.3 Å². The van der Waals surface area contributed by atoms with Crippen LogP contribution in [0.1, 0.15) is 56.4 Å². The van der Waals surface area contributed by atoms with E-state index in [0.717, 1.165) is 10.2 Å². The van der Waals surface area contributed by atoms with Crippen LogP contribution in [0.3, 0.4) is 0 Å². The number of carbonyl (C=O) groups is 2. The lowest BCUT2D eigenvalue weighted by atomic mass is 9.95. The number of amides is 2. The van der Waals surface area contributed by atoms with Crippen molar-refractivity contribution in [3.63, 3.8) is 0 Å². The molecule has 8 nitrogen and oxygen atoms in total. The Hall–Kier alpha value is -3.20. The number of pyridine rings is 1. The van der Waals surface area contributed by atoms with Crippen LogP contribution in [0.25, 0.3) is 10.2 Å². The third-order valence-corrected chi connectivity index (χ3v) is 6.13. The fourth-order valence-corrected chi connectivity index (χ4v) is 4.23. The minimum absolute atomic E-state index is 0.131. The number of thiazole rings is 1.